The van der Waals surface area contributed by atoms with Gasteiger partial charge >= 0.3 is 17.9 Å². The number of ether oxygens (including phenoxy) is 3. The molecule has 0 fully saturated rings. The maximum absolute atomic E-state index is 12.7. The number of rotatable bonds is 46. The zero-order valence-electron chi connectivity index (χ0n) is 38.8. The van der Waals surface area contributed by atoms with E-state index in [1.165, 1.54) is 180 Å². The number of esters is 3. The van der Waals surface area contributed by atoms with Gasteiger partial charge < -0.3 is 14.2 Å². The highest BCUT2D eigenvalue weighted by Gasteiger charge is 2.19. The molecule has 0 rings (SSSR count). The number of hydrogen-bond acceptors (Lipinski definition) is 6. The van der Waals surface area contributed by atoms with E-state index in [2.05, 4.69) is 27.7 Å². The van der Waals surface area contributed by atoms with Crippen LogP contribution in [-0.2, 0) is 28.6 Å². The highest BCUT2D eigenvalue weighted by atomic mass is 16.6. The molecule has 0 aromatic heterocycles. The molecule has 6 heteroatoms. The summed E-state index contributed by atoms with van der Waals surface area (Å²) in [6.45, 7) is 9.04. The lowest BCUT2D eigenvalue weighted by atomic mass is 9.99. The van der Waals surface area contributed by atoms with Gasteiger partial charge in [0.15, 0.2) is 6.10 Å². The topological polar surface area (TPSA) is 78.9 Å². The van der Waals surface area contributed by atoms with E-state index in [0.29, 0.717) is 19.3 Å². The second kappa shape index (κ2) is 45.5. The van der Waals surface area contributed by atoms with Crippen molar-refractivity contribution in [3.8, 4) is 0 Å². The standard InChI is InChI=1S/C51H98O6/c1-5-8-10-12-14-16-17-23-28-32-36-40-44-51(54)57-48(45-55-49(52)42-38-34-30-25-15-13-11-9-6-2)46-56-50(53)43-39-35-31-27-24-21-19-18-20-22-26-29-33-37-41-47(4)7-3/h47-48H,5-46H2,1-4H3/t47?,48-/m0/s1. The monoisotopic (exact) mass is 807 g/mol. The van der Waals surface area contributed by atoms with E-state index in [4.69, 9.17) is 14.2 Å². The van der Waals surface area contributed by atoms with Gasteiger partial charge in [-0.15, -0.1) is 0 Å². The molecule has 6 nitrogen and oxygen atoms in total. The fourth-order valence-corrected chi connectivity index (χ4v) is 7.66. The molecule has 0 saturated carbocycles. The molecule has 338 valence electrons. The fraction of sp³-hybridized carbons (Fsp3) is 0.941. The van der Waals surface area contributed by atoms with Crippen LogP contribution in [0.5, 0.6) is 0 Å². The van der Waals surface area contributed by atoms with E-state index >= 15 is 0 Å². The van der Waals surface area contributed by atoms with Crippen LogP contribution in [0.3, 0.4) is 0 Å². The number of carbonyl (C=O) groups excluding carboxylic acids is 3. The van der Waals surface area contributed by atoms with Gasteiger partial charge in [0.2, 0.25) is 0 Å². The van der Waals surface area contributed by atoms with Crippen molar-refractivity contribution in [2.24, 2.45) is 5.92 Å². The first-order valence-corrected chi connectivity index (χ1v) is 25.4. The summed E-state index contributed by atoms with van der Waals surface area (Å²) in [6, 6.07) is 0. The Bertz CT molecular complexity index is 859. The van der Waals surface area contributed by atoms with Crippen molar-refractivity contribution < 1.29 is 28.6 Å². The van der Waals surface area contributed by atoms with Crippen molar-refractivity contribution in [2.45, 2.75) is 291 Å². The zero-order valence-corrected chi connectivity index (χ0v) is 38.8. The molecule has 0 bridgehead atoms. The zero-order chi connectivity index (χ0) is 41.7. The van der Waals surface area contributed by atoms with Crippen LogP contribution in [0.15, 0.2) is 0 Å². The van der Waals surface area contributed by atoms with Gasteiger partial charge in [-0.3, -0.25) is 14.4 Å². The summed E-state index contributed by atoms with van der Waals surface area (Å²) < 4.78 is 16.8. The van der Waals surface area contributed by atoms with E-state index in [9.17, 15) is 14.4 Å². The van der Waals surface area contributed by atoms with Crippen LogP contribution in [-0.4, -0.2) is 37.2 Å². The Balaban J connectivity index is 4.23. The van der Waals surface area contributed by atoms with Crippen molar-refractivity contribution >= 4 is 17.9 Å². The van der Waals surface area contributed by atoms with Gasteiger partial charge in [-0.1, -0.05) is 246 Å². The molecule has 0 aliphatic heterocycles. The third-order valence-electron chi connectivity index (χ3n) is 11.9. The van der Waals surface area contributed by atoms with E-state index in [-0.39, 0.29) is 31.1 Å². The normalized spacial score (nSPS) is 12.4. The van der Waals surface area contributed by atoms with Gasteiger partial charge in [-0.2, -0.15) is 0 Å². The van der Waals surface area contributed by atoms with Crippen LogP contribution in [0, 0.1) is 5.92 Å². The van der Waals surface area contributed by atoms with Crippen molar-refractivity contribution in [1.29, 1.82) is 0 Å². The molecule has 0 aliphatic carbocycles. The average molecular weight is 807 g/mol. The van der Waals surface area contributed by atoms with Crippen LogP contribution >= 0.6 is 0 Å². The van der Waals surface area contributed by atoms with Gasteiger partial charge in [0.05, 0.1) is 0 Å². The lowest BCUT2D eigenvalue weighted by Crippen LogP contribution is -2.30. The summed E-state index contributed by atoms with van der Waals surface area (Å²) in [5, 5.41) is 0. The summed E-state index contributed by atoms with van der Waals surface area (Å²) in [5.74, 6) is 0.0472. The summed E-state index contributed by atoms with van der Waals surface area (Å²) in [4.78, 5) is 37.8. The molecule has 0 aliphatic rings. The Hall–Kier alpha value is -1.59. The second-order valence-electron chi connectivity index (χ2n) is 17.7. The largest absolute Gasteiger partial charge is 0.462 e. The van der Waals surface area contributed by atoms with E-state index in [0.717, 1.165) is 63.7 Å². The molecule has 0 N–H and O–H groups in total. The molecule has 0 radical (unpaired) electrons. The first-order valence-electron chi connectivity index (χ1n) is 25.4. The number of hydrogen-bond donors (Lipinski definition) is 0. The molecular formula is C51H98O6. The molecule has 2 atom stereocenters. The third-order valence-corrected chi connectivity index (χ3v) is 11.9. The van der Waals surface area contributed by atoms with Crippen molar-refractivity contribution in [3.63, 3.8) is 0 Å². The molecular weight excluding hydrogens is 709 g/mol. The van der Waals surface area contributed by atoms with Gasteiger partial charge in [0.25, 0.3) is 0 Å². The first-order chi connectivity index (χ1) is 27.9. The Morgan fingerprint density at radius 2 is 0.614 bits per heavy atom. The van der Waals surface area contributed by atoms with E-state index in [1.54, 1.807) is 0 Å². The van der Waals surface area contributed by atoms with Crippen LogP contribution in [0.4, 0.5) is 0 Å². The van der Waals surface area contributed by atoms with Crippen molar-refractivity contribution in [1.82, 2.24) is 0 Å². The Morgan fingerprint density at radius 3 is 0.912 bits per heavy atom. The smallest absolute Gasteiger partial charge is 0.306 e. The molecule has 0 amide bonds. The number of unbranched alkanes of at least 4 members (excludes halogenated alkanes) is 32. The minimum Gasteiger partial charge on any atom is -0.462 e. The molecule has 1 unspecified atom stereocenters. The minimum atomic E-state index is -0.759. The van der Waals surface area contributed by atoms with Gasteiger partial charge in [0.1, 0.15) is 13.2 Å². The summed E-state index contributed by atoms with van der Waals surface area (Å²) in [5.41, 5.74) is 0. The Morgan fingerprint density at radius 1 is 0.351 bits per heavy atom. The summed E-state index contributed by atoms with van der Waals surface area (Å²) in [6.07, 6.45) is 46.5. The molecule has 0 saturated heterocycles. The minimum absolute atomic E-state index is 0.0629. The summed E-state index contributed by atoms with van der Waals surface area (Å²) in [7, 11) is 0. The van der Waals surface area contributed by atoms with Crippen LogP contribution < -0.4 is 0 Å². The van der Waals surface area contributed by atoms with Gasteiger partial charge in [0, 0.05) is 19.3 Å². The number of carbonyl (C=O) groups is 3. The third kappa shape index (κ3) is 43.8. The molecule has 0 aromatic rings. The highest BCUT2D eigenvalue weighted by molar-refractivity contribution is 5.71. The maximum atomic E-state index is 12.7. The second-order valence-corrected chi connectivity index (χ2v) is 17.7. The van der Waals surface area contributed by atoms with Gasteiger partial charge in [-0.05, 0) is 25.2 Å². The van der Waals surface area contributed by atoms with Gasteiger partial charge in [-0.25, -0.2) is 0 Å². The molecule has 0 heterocycles. The fourth-order valence-electron chi connectivity index (χ4n) is 7.66. The van der Waals surface area contributed by atoms with Crippen LogP contribution in [0.1, 0.15) is 285 Å². The highest BCUT2D eigenvalue weighted by Crippen LogP contribution is 2.17. The predicted octanol–water partition coefficient (Wildman–Crippen LogP) is 16.3. The lowest BCUT2D eigenvalue weighted by Gasteiger charge is -2.18. The van der Waals surface area contributed by atoms with Crippen molar-refractivity contribution in [2.75, 3.05) is 13.2 Å². The SMILES string of the molecule is CCCCCCCCCCCCCCC(=O)O[C@@H](COC(=O)CCCCCCCCCCC)COC(=O)CCCCCCCCCCCCCCCCC(C)CC. The molecule has 0 spiro atoms. The first kappa shape index (κ1) is 55.4. The van der Waals surface area contributed by atoms with E-state index in [1.807, 2.05) is 0 Å². The summed E-state index contributed by atoms with van der Waals surface area (Å²) >= 11 is 0. The average Bonchev–Trinajstić information content (AvgIpc) is 3.21. The predicted molar refractivity (Wildman–Crippen MR) is 243 cm³/mol. The van der Waals surface area contributed by atoms with Crippen molar-refractivity contribution in [3.05, 3.63) is 0 Å². The van der Waals surface area contributed by atoms with E-state index < -0.39 is 6.10 Å². The lowest BCUT2D eigenvalue weighted by molar-refractivity contribution is -0.167. The van der Waals surface area contributed by atoms with Crippen LogP contribution in [0.25, 0.3) is 0 Å². The van der Waals surface area contributed by atoms with Crippen LogP contribution in [0.2, 0.25) is 0 Å². The Labute approximate surface area is 355 Å². The maximum Gasteiger partial charge on any atom is 0.306 e. The molecule has 0 aromatic carbocycles. The molecule has 57 heavy (non-hydrogen) atoms. The Kier molecular flexibility index (Phi) is 44.2. The quantitative estimate of drug-likeness (QED) is 0.0346.